The minimum Gasteiger partial charge on any atom is -0.340 e. The van der Waals surface area contributed by atoms with Gasteiger partial charge in [-0.15, -0.1) is 0 Å². The zero-order chi connectivity index (χ0) is 20.3. The first-order valence-corrected chi connectivity index (χ1v) is 11.1. The minimum absolute atomic E-state index is 0.0194. The molecular weight excluding hydrogens is 376 g/mol. The highest BCUT2D eigenvalue weighted by Gasteiger charge is 2.32. The Bertz CT molecular complexity index is 932. The number of sulfonamides is 1. The standard InChI is InChI=1S/C20H28N4O3S/c1-16-20(28(26,27)23-12-8-5-9-13-23)17(2)24(21-16)15-19(25)22(3)14-18-10-6-4-7-11-18/h4,6-7,10-11H,5,8-9,12-15H2,1-3H3. The molecule has 0 aliphatic carbocycles. The molecule has 1 fully saturated rings. The summed E-state index contributed by atoms with van der Waals surface area (Å²) in [6, 6.07) is 9.75. The quantitative estimate of drug-likeness (QED) is 0.741. The van der Waals surface area contributed by atoms with Crippen molar-refractivity contribution in [2.24, 2.45) is 0 Å². The molecule has 1 saturated heterocycles. The molecule has 28 heavy (non-hydrogen) atoms. The van der Waals surface area contributed by atoms with Crippen molar-refractivity contribution in [1.82, 2.24) is 19.0 Å². The third kappa shape index (κ3) is 4.28. The summed E-state index contributed by atoms with van der Waals surface area (Å²) >= 11 is 0. The fourth-order valence-corrected chi connectivity index (χ4v) is 5.53. The monoisotopic (exact) mass is 404 g/mol. The lowest BCUT2D eigenvalue weighted by Gasteiger charge is -2.26. The van der Waals surface area contributed by atoms with Crippen LogP contribution in [-0.2, 0) is 27.9 Å². The first-order valence-electron chi connectivity index (χ1n) is 9.62. The molecule has 8 heteroatoms. The lowest BCUT2D eigenvalue weighted by atomic mass is 10.2. The number of aromatic nitrogens is 2. The molecule has 0 radical (unpaired) electrons. The zero-order valence-electron chi connectivity index (χ0n) is 16.8. The van der Waals surface area contributed by atoms with Crippen molar-refractivity contribution in [3.05, 3.63) is 47.3 Å². The molecule has 0 saturated carbocycles. The highest BCUT2D eigenvalue weighted by atomic mass is 32.2. The molecule has 1 amide bonds. The van der Waals surface area contributed by atoms with E-state index in [2.05, 4.69) is 5.10 Å². The Morgan fingerprint density at radius 1 is 1.11 bits per heavy atom. The van der Waals surface area contributed by atoms with Crippen LogP contribution in [0.1, 0.15) is 36.2 Å². The summed E-state index contributed by atoms with van der Waals surface area (Å²) in [5, 5.41) is 4.36. The van der Waals surface area contributed by atoms with Gasteiger partial charge in [-0.3, -0.25) is 9.48 Å². The van der Waals surface area contributed by atoms with E-state index in [1.165, 1.54) is 4.68 Å². The van der Waals surface area contributed by atoms with Crippen LogP contribution in [0.3, 0.4) is 0 Å². The van der Waals surface area contributed by atoms with E-state index in [1.54, 1.807) is 30.1 Å². The molecule has 2 heterocycles. The van der Waals surface area contributed by atoms with Gasteiger partial charge in [-0.1, -0.05) is 36.8 Å². The Hall–Kier alpha value is -2.19. The number of carbonyl (C=O) groups is 1. The van der Waals surface area contributed by atoms with E-state index in [4.69, 9.17) is 0 Å². The summed E-state index contributed by atoms with van der Waals surface area (Å²) in [5.41, 5.74) is 2.01. The SMILES string of the molecule is Cc1nn(CC(=O)N(C)Cc2ccccc2)c(C)c1S(=O)(=O)N1CCCCC1. The number of piperidine rings is 1. The average Bonchev–Trinajstić information content (AvgIpc) is 2.97. The van der Waals surface area contributed by atoms with E-state index < -0.39 is 10.0 Å². The normalized spacial score (nSPS) is 15.5. The number of hydrogen-bond acceptors (Lipinski definition) is 4. The smallest absolute Gasteiger partial charge is 0.246 e. The molecule has 1 aliphatic heterocycles. The molecule has 1 aliphatic rings. The van der Waals surface area contributed by atoms with Gasteiger partial charge in [-0.05, 0) is 32.3 Å². The summed E-state index contributed by atoms with van der Waals surface area (Å²) in [5.74, 6) is -0.114. The first kappa shape index (κ1) is 20.5. The highest BCUT2D eigenvalue weighted by Crippen LogP contribution is 2.26. The van der Waals surface area contributed by atoms with Crippen molar-refractivity contribution in [1.29, 1.82) is 0 Å². The molecule has 0 bridgehead atoms. The van der Waals surface area contributed by atoms with Crippen LogP contribution in [0.4, 0.5) is 0 Å². The topological polar surface area (TPSA) is 75.5 Å². The maximum atomic E-state index is 13.1. The van der Waals surface area contributed by atoms with Gasteiger partial charge in [0.05, 0.1) is 11.4 Å². The Balaban J connectivity index is 1.77. The molecule has 1 aromatic carbocycles. The number of amides is 1. The van der Waals surface area contributed by atoms with Crippen molar-refractivity contribution in [2.75, 3.05) is 20.1 Å². The number of nitrogens with zero attached hydrogens (tertiary/aromatic N) is 4. The fourth-order valence-electron chi connectivity index (χ4n) is 3.64. The molecule has 0 spiro atoms. The van der Waals surface area contributed by atoms with Crippen LogP contribution in [0, 0.1) is 13.8 Å². The van der Waals surface area contributed by atoms with Crippen LogP contribution in [-0.4, -0.2) is 53.4 Å². The van der Waals surface area contributed by atoms with Crippen LogP contribution in [0.5, 0.6) is 0 Å². The second-order valence-electron chi connectivity index (χ2n) is 7.36. The lowest BCUT2D eigenvalue weighted by molar-refractivity contribution is -0.131. The number of likely N-dealkylation sites (N-methyl/N-ethyl adjacent to an activating group) is 1. The lowest BCUT2D eigenvalue weighted by Crippen LogP contribution is -2.36. The second kappa shape index (κ2) is 8.45. The van der Waals surface area contributed by atoms with E-state index in [0.29, 0.717) is 31.0 Å². The Labute approximate surface area is 167 Å². The molecule has 0 unspecified atom stereocenters. The van der Waals surface area contributed by atoms with Gasteiger partial charge in [0.15, 0.2) is 0 Å². The predicted molar refractivity (Wildman–Crippen MR) is 107 cm³/mol. The van der Waals surface area contributed by atoms with Crippen molar-refractivity contribution < 1.29 is 13.2 Å². The van der Waals surface area contributed by atoms with Gasteiger partial charge in [-0.25, -0.2) is 8.42 Å². The van der Waals surface area contributed by atoms with Crippen LogP contribution >= 0.6 is 0 Å². The molecule has 0 atom stereocenters. The van der Waals surface area contributed by atoms with E-state index in [9.17, 15) is 13.2 Å². The number of rotatable bonds is 6. The Morgan fingerprint density at radius 3 is 2.39 bits per heavy atom. The third-order valence-corrected chi connectivity index (χ3v) is 7.35. The van der Waals surface area contributed by atoms with Crippen molar-refractivity contribution in [3.63, 3.8) is 0 Å². The van der Waals surface area contributed by atoms with E-state index >= 15 is 0 Å². The van der Waals surface area contributed by atoms with Gasteiger partial charge < -0.3 is 4.90 Å². The largest absolute Gasteiger partial charge is 0.340 e. The summed E-state index contributed by atoms with van der Waals surface area (Å²) in [6.45, 7) is 5.03. The maximum absolute atomic E-state index is 13.1. The van der Waals surface area contributed by atoms with Crippen LogP contribution in [0.15, 0.2) is 35.2 Å². The van der Waals surface area contributed by atoms with Crippen molar-refractivity contribution in [3.8, 4) is 0 Å². The Kier molecular flexibility index (Phi) is 6.20. The summed E-state index contributed by atoms with van der Waals surface area (Å²) in [6.07, 6.45) is 2.83. The first-order chi connectivity index (χ1) is 13.3. The molecule has 7 nitrogen and oxygen atoms in total. The fraction of sp³-hybridized carbons (Fsp3) is 0.500. The van der Waals surface area contributed by atoms with E-state index in [-0.39, 0.29) is 17.3 Å². The Morgan fingerprint density at radius 2 is 1.75 bits per heavy atom. The van der Waals surface area contributed by atoms with Crippen LogP contribution in [0.25, 0.3) is 0 Å². The van der Waals surface area contributed by atoms with Gasteiger partial charge in [-0.2, -0.15) is 9.40 Å². The molecule has 152 valence electrons. The molecule has 3 rings (SSSR count). The average molecular weight is 405 g/mol. The summed E-state index contributed by atoms with van der Waals surface area (Å²) in [7, 11) is -1.84. The third-order valence-electron chi connectivity index (χ3n) is 5.20. The van der Waals surface area contributed by atoms with Crippen molar-refractivity contribution >= 4 is 15.9 Å². The summed E-state index contributed by atoms with van der Waals surface area (Å²) in [4.78, 5) is 14.5. The minimum atomic E-state index is -3.58. The second-order valence-corrected chi connectivity index (χ2v) is 9.23. The predicted octanol–water partition coefficient (Wildman–Crippen LogP) is 2.33. The zero-order valence-corrected chi connectivity index (χ0v) is 17.6. The highest BCUT2D eigenvalue weighted by molar-refractivity contribution is 7.89. The van der Waals surface area contributed by atoms with Crippen molar-refractivity contribution in [2.45, 2.75) is 51.1 Å². The molecule has 1 aromatic heterocycles. The van der Waals surface area contributed by atoms with Gasteiger partial charge in [0, 0.05) is 26.7 Å². The summed E-state index contributed by atoms with van der Waals surface area (Å²) < 4.78 is 29.2. The number of carbonyl (C=O) groups excluding carboxylic acids is 1. The van der Waals surface area contributed by atoms with Gasteiger partial charge in [0.2, 0.25) is 15.9 Å². The number of hydrogen-bond donors (Lipinski definition) is 0. The van der Waals surface area contributed by atoms with Gasteiger partial charge in [0.25, 0.3) is 0 Å². The van der Waals surface area contributed by atoms with Gasteiger partial charge in [0.1, 0.15) is 11.4 Å². The van der Waals surface area contributed by atoms with Crippen LogP contribution < -0.4 is 0 Å². The molecular formula is C20H28N4O3S. The van der Waals surface area contributed by atoms with E-state index in [0.717, 1.165) is 24.8 Å². The van der Waals surface area contributed by atoms with Gasteiger partial charge >= 0.3 is 0 Å². The number of aryl methyl sites for hydroxylation is 1. The maximum Gasteiger partial charge on any atom is 0.246 e. The van der Waals surface area contributed by atoms with E-state index in [1.807, 2.05) is 30.3 Å². The van der Waals surface area contributed by atoms with Crippen LogP contribution in [0.2, 0.25) is 0 Å². The number of benzene rings is 1. The molecule has 2 aromatic rings. The molecule has 0 N–H and O–H groups in total.